The Morgan fingerprint density at radius 3 is 2.71 bits per heavy atom. The van der Waals surface area contributed by atoms with Gasteiger partial charge in [0.2, 0.25) is 11.8 Å². The maximum atomic E-state index is 14.1. The molecule has 0 saturated carbocycles. The first-order chi connectivity index (χ1) is 13.6. The van der Waals surface area contributed by atoms with Gasteiger partial charge in [-0.1, -0.05) is 0 Å². The van der Waals surface area contributed by atoms with E-state index in [1.54, 1.807) is 18.5 Å². The number of pyridine rings is 2. The van der Waals surface area contributed by atoms with Crippen molar-refractivity contribution in [1.82, 2.24) is 24.9 Å². The molecule has 7 nitrogen and oxygen atoms in total. The minimum absolute atomic E-state index is 0.0287. The number of rotatable bonds is 6. The standard InChI is InChI=1S/C20H19FN6O/c1-12-5-16-15(11-24-18(16)23-7-12)6-13-8-25-20(26-9-13)27-10-14-3-4-22-19(28-2)17(14)21/h3-5,7-9,11H,6,10H2,1-2H3,(H,23,24)(H,25,26,27). The van der Waals surface area contributed by atoms with Crippen LogP contribution in [-0.4, -0.2) is 32.0 Å². The van der Waals surface area contributed by atoms with Crippen LogP contribution in [0.2, 0.25) is 0 Å². The van der Waals surface area contributed by atoms with Gasteiger partial charge in [-0.2, -0.15) is 0 Å². The van der Waals surface area contributed by atoms with Crippen LogP contribution >= 0.6 is 0 Å². The molecule has 0 amide bonds. The van der Waals surface area contributed by atoms with E-state index in [0.29, 0.717) is 17.9 Å². The Morgan fingerprint density at radius 2 is 1.93 bits per heavy atom. The average molecular weight is 378 g/mol. The Kier molecular flexibility index (Phi) is 4.84. The largest absolute Gasteiger partial charge is 0.479 e. The molecule has 28 heavy (non-hydrogen) atoms. The van der Waals surface area contributed by atoms with E-state index in [1.165, 1.54) is 13.3 Å². The monoisotopic (exact) mass is 378 g/mol. The molecule has 8 heteroatoms. The molecule has 0 saturated heterocycles. The molecule has 4 aromatic rings. The van der Waals surface area contributed by atoms with E-state index in [4.69, 9.17) is 4.74 Å². The van der Waals surface area contributed by atoms with Crippen LogP contribution in [0.5, 0.6) is 5.88 Å². The highest BCUT2D eigenvalue weighted by atomic mass is 19.1. The Balaban J connectivity index is 1.44. The minimum atomic E-state index is -0.489. The zero-order chi connectivity index (χ0) is 19.5. The molecule has 0 unspecified atom stereocenters. The highest BCUT2D eigenvalue weighted by molar-refractivity contribution is 5.80. The van der Waals surface area contributed by atoms with Crippen molar-refractivity contribution in [2.24, 2.45) is 0 Å². The van der Waals surface area contributed by atoms with Gasteiger partial charge in [-0.15, -0.1) is 0 Å². The van der Waals surface area contributed by atoms with Gasteiger partial charge in [0.15, 0.2) is 5.82 Å². The van der Waals surface area contributed by atoms with Crippen LogP contribution in [0.4, 0.5) is 10.3 Å². The summed E-state index contributed by atoms with van der Waals surface area (Å²) in [7, 11) is 1.38. The lowest BCUT2D eigenvalue weighted by atomic mass is 10.1. The van der Waals surface area contributed by atoms with Crippen molar-refractivity contribution in [3.05, 3.63) is 71.2 Å². The first-order valence-corrected chi connectivity index (χ1v) is 8.79. The quantitative estimate of drug-likeness (QED) is 0.535. The number of nitrogens with zero attached hydrogens (tertiary/aromatic N) is 4. The summed E-state index contributed by atoms with van der Waals surface area (Å²) < 4.78 is 19.0. The van der Waals surface area contributed by atoms with Crippen LogP contribution in [0.25, 0.3) is 11.0 Å². The zero-order valence-electron chi connectivity index (χ0n) is 15.5. The van der Waals surface area contributed by atoms with E-state index in [-0.39, 0.29) is 12.4 Å². The summed E-state index contributed by atoms with van der Waals surface area (Å²) in [5, 5.41) is 4.12. The molecule has 0 spiro atoms. The normalized spacial score (nSPS) is 11.0. The van der Waals surface area contributed by atoms with Gasteiger partial charge >= 0.3 is 0 Å². The van der Waals surface area contributed by atoms with Crippen molar-refractivity contribution in [2.45, 2.75) is 19.9 Å². The lowest BCUT2D eigenvalue weighted by Crippen LogP contribution is -2.07. The summed E-state index contributed by atoms with van der Waals surface area (Å²) >= 11 is 0. The number of anilines is 1. The number of aryl methyl sites for hydroxylation is 1. The van der Waals surface area contributed by atoms with E-state index in [9.17, 15) is 4.39 Å². The van der Waals surface area contributed by atoms with Crippen LogP contribution in [0.15, 0.2) is 43.1 Å². The number of ether oxygens (including phenoxy) is 1. The van der Waals surface area contributed by atoms with Gasteiger partial charge < -0.3 is 15.0 Å². The first-order valence-electron chi connectivity index (χ1n) is 8.79. The SMILES string of the molecule is COc1nccc(CNc2ncc(Cc3c[nH]c4ncc(C)cc34)cn2)c1F. The van der Waals surface area contributed by atoms with E-state index in [0.717, 1.165) is 27.7 Å². The smallest absolute Gasteiger partial charge is 0.250 e. The van der Waals surface area contributed by atoms with Crippen LogP contribution in [-0.2, 0) is 13.0 Å². The van der Waals surface area contributed by atoms with E-state index in [2.05, 4.69) is 36.3 Å². The predicted octanol–water partition coefficient (Wildman–Crippen LogP) is 3.41. The molecular weight excluding hydrogens is 359 g/mol. The second-order valence-electron chi connectivity index (χ2n) is 6.46. The molecule has 0 aliphatic heterocycles. The number of hydrogen-bond donors (Lipinski definition) is 2. The van der Waals surface area contributed by atoms with Crippen molar-refractivity contribution < 1.29 is 9.13 Å². The van der Waals surface area contributed by atoms with Gasteiger partial charge in [-0.25, -0.2) is 24.3 Å². The number of halogens is 1. The highest BCUT2D eigenvalue weighted by Crippen LogP contribution is 2.21. The molecule has 0 aromatic carbocycles. The third-order valence-electron chi connectivity index (χ3n) is 4.42. The average Bonchev–Trinajstić information content (AvgIpc) is 3.10. The Bertz CT molecular complexity index is 1110. The molecule has 0 fully saturated rings. The third kappa shape index (κ3) is 3.62. The number of methoxy groups -OCH3 is 1. The molecule has 4 heterocycles. The number of H-pyrrole nitrogens is 1. The molecular formula is C20H19FN6O. The molecule has 0 bridgehead atoms. The number of nitrogens with one attached hydrogen (secondary N) is 2. The van der Waals surface area contributed by atoms with E-state index in [1.807, 2.05) is 19.3 Å². The number of aromatic amines is 1. The van der Waals surface area contributed by atoms with E-state index < -0.39 is 5.82 Å². The van der Waals surface area contributed by atoms with Gasteiger partial charge in [0.1, 0.15) is 5.65 Å². The first kappa shape index (κ1) is 17.8. The second-order valence-corrected chi connectivity index (χ2v) is 6.46. The molecule has 2 N–H and O–H groups in total. The van der Waals surface area contributed by atoms with E-state index >= 15 is 0 Å². The Hall–Kier alpha value is -3.55. The number of hydrogen-bond acceptors (Lipinski definition) is 6. The van der Waals surface area contributed by atoms with Crippen molar-refractivity contribution in [2.75, 3.05) is 12.4 Å². The summed E-state index contributed by atoms with van der Waals surface area (Å²) in [6.45, 7) is 2.26. The third-order valence-corrected chi connectivity index (χ3v) is 4.42. The number of fused-ring (bicyclic) bond motifs is 1. The van der Waals surface area contributed by atoms with Gasteiger partial charge in [0.25, 0.3) is 0 Å². The van der Waals surface area contributed by atoms with Crippen molar-refractivity contribution >= 4 is 17.0 Å². The molecule has 0 radical (unpaired) electrons. The van der Waals surface area contributed by atoms with Crippen molar-refractivity contribution in [1.29, 1.82) is 0 Å². The predicted molar refractivity (Wildman–Crippen MR) is 104 cm³/mol. The lowest BCUT2D eigenvalue weighted by Gasteiger charge is -2.08. The van der Waals surface area contributed by atoms with Gasteiger partial charge in [0.05, 0.1) is 7.11 Å². The maximum absolute atomic E-state index is 14.1. The van der Waals surface area contributed by atoms with Crippen molar-refractivity contribution in [3.63, 3.8) is 0 Å². The molecule has 0 atom stereocenters. The minimum Gasteiger partial charge on any atom is -0.479 e. The topological polar surface area (TPSA) is 88.6 Å². The van der Waals surface area contributed by atoms with Gasteiger partial charge in [-0.3, -0.25) is 0 Å². The van der Waals surface area contributed by atoms with Crippen molar-refractivity contribution in [3.8, 4) is 5.88 Å². The molecule has 0 aliphatic carbocycles. The summed E-state index contributed by atoms with van der Waals surface area (Å²) in [5.41, 5.74) is 4.53. The maximum Gasteiger partial charge on any atom is 0.250 e. The molecule has 0 aliphatic rings. The molecule has 4 aromatic heterocycles. The van der Waals surface area contributed by atoms with Crippen LogP contribution in [0.1, 0.15) is 22.3 Å². The zero-order valence-corrected chi connectivity index (χ0v) is 15.5. The highest BCUT2D eigenvalue weighted by Gasteiger charge is 2.10. The van der Waals surface area contributed by atoms with Crippen LogP contribution in [0, 0.1) is 12.7 Å². The summed E-state index contributed by atoms with van der Waals surface area (Å²) in [4.78, 5) is 20.1. The van der Waals surface area contributed by atoms with Gasteiger partial charge in [0, 0.05) is 54.9 Å². The van der Waals surface area contributed by atoms with Crippen LogP contribution in [0.3, 0.4) is 0 Å². The fraction of sp³-hybridized carbons (Fsp3) is 0.200. The molecule has 4 rings (SSSR count). The Labute approximate surface area is 161 Å². The fourth-order valence-electron chi connectivity index (χ4n) is 2.98. The lowest BCUT2D eigenvalue weighted by molar-refractivity contribution is 0.367. The Morgan fingerprint density at radius 1 is 1.11 bits per heavy atom. The number of aromatic nitrogens is 5. The molecule has 142 valence electrons. The van der Waals surface area contributed by atoms with Crippen LogP contribution < -0.4 is 10.1 Å². The van der Waals surface area contributed by atoms with Gasteiger partial charge in [-0.05, 0) is 35.7 Å². The summed E-state index contributed by atoms with van der Waals surface area (Å²) in [6, 6.07) is 3.70. The fourth-order valence-corrected chi connectivity index (χ4v) is 2.98. The summed E-state index contributed by atoms with van der Waals surface area (Å²) in [6.07, 6.45) is 9.53. The second kappa shape index (κ2) is 7.59. The summed E-state index contributed by atoms with van der Waals surface area (Å²) in [5.74, 6) is -0.0910.